The molecule has 122 valence electrons. The number of benzene rings is 1. The highest BCUT2D eigenvalue weighted by molar-refractivity contribution is 5.92. The summed E-state index contributed by atoms with van der Waals surface area (Å²) in [6, 6.07) is 17.9. The van der Waals surface area contributed by atoms with E-state index in [-0.39, 0.29) is 0 Å². The first-order valence-corrected chi connectivity index (χ1v) is 8.17. The first-order valence-electron chi connectivity index (χ1n) is 8.17. The van der Waals surface area contributed by atoms with Gasteiger partial charge < -0.3 is 5.73 Å². The number of pyridine rings is 3. The maximum Gasteiger partial charge on any atom is 0.163 e. The van der Waals surface area contributed by atoms with Gasteiger partial charge in [0.2, 0.25) is 0 Å². The van der Waals surface area contributed by atoms with Gasteiger partial charge in [0.05, 0.1) is 11.0 Å². The highest BCUT2D eigenvalue weighted by Gasteiger charge is 2.04. The lowest BCUT2D eigenvalue weighted by atomic mass is 10.1. The molecule has 0 aliphatic carbocycles. The molecule has 0 amide bonds. The number of rotatable bonds is 4. The van der Waals surface area contributed by atoms with Gasteiger partial charge in [0, 0.05) is 35.3 Å². The molecule has 5 heteroatoms. The van der Waals surface area contributed by atoms with Gasteiger partial charge >= 0.3 is 0 Å². The smallest absolute Gasteiger partial charge is 0.163 e. The van der Waals surface area contributed by atoms with Crippen LogP contribution in [0.25, 0.3) is 21.8 Å². The Balaban J connectivity index is 1.54. The number of amidine groups is 1. The van der Waals surface area contributed by atoms with Crippen molar-refractivity contribution >= 4 is 33.5 Å². The van der Waals surface area contributed by atoms with Gasteiger partial charge in [0.1, 0.15) is 5.84 Å². The predicted molar refractivity (Wildman–Crippen MR) is 101 cm³/mol. The van der Waals surface area contributed by atoms with Crippen molar-refractivity contribution < 1.29 is 0 Å². The quantitative estimate of drug-likeness (QED) is 0.457. The molecule has 4 aromatic rings. The zero-order chi connectivity index (χ0) is 17.1. The highest BCUT2D eigenvalue weighted by atomic mass is 15.0. The van der Waals surface area contributed by atoms with E-state index in [1.165, 1.54) is 0 Å². The van der Waals surface area contributed by atoms with E-state index in [1.54, 1.807) is 12.4 Å². The standard InChI is InChI=1S/C20H17N5/c21-19(25-20-16-5-3-12-22-18(16)11-13-23-20)10-9-15-8-7-14-4-1-2-6-17(14)24-15/h1-8,11-13H,9-10H2,(H2,21,23,25). The summed E-state index contributed by atoms with van der Waals surface area (Å²) in [6.45, 7) is 0. The van der Waals surface area contributed by atoms with Crippen LogP contribution in [-0.4, -0.2) is 20.8 Å². The van der Waals surface area contributed by atoms with E-state index in [2.05, 4.69) is 32.1 Å². The first kappa shape index (κ1) is 15.2. The molecule has 1 aromatic carbocycles. The number of nitrogens with two attached hydrogens (primary N) is 1. The van der Waals surface area contributed by atoms with Crippen molar-refractivity contribution in [2.75, 3.05) is 0 Å². The molecule has 0 fully saturated rings. The van der Waals surface area contributed by atoms with E-state index in [0.717, 1.165) is 33.9 Å². The molecule has 0 bridgehead atoms. The van der Waals surface area contributed by atoms with E-state index in [9.17, 15) is 0 Å². The maximum atomic E-state index is 6.12. The van der Waals surface area contributed by atoms with Gasteiger partial charge in [-0.15, -0.1) is 0 Å². The van der Waals surface area contributed by atoms with Crippen LogP contribution >= 0.6 is 0 Å². The summed E-state index contributed by atoms with van der Waals surface area (Å²) in [5.41, 5.74) is 8.98. The van der Waals surface area contributed by atoms with Crippen LogP contribution in [0.5, 0.6) is 0 Å². The first-order chi connectivity index (χ1) is 12.3. The number of aromatic nitrogens is 3. The summed E-state index contributed by atoms with van der Waals surface area (Å²) in [6.07, 6.45) is 4.82. The normalized spacial score (nSPS) is 11.9. The van der Waals surface area contributed by atoms with Crippen LogP contribution in [0.4, 0.5) is 5.82 Å². The number of para-hydroxylation sites is 1. The molecule has 0 atom stereocenters. The minimum Gasteiger partial charge on any atom is -0.387 e. The maximum absolute atomic E-state index is 6.12. The van der Waals surface area contributed by atoms with Gasteiger partial charge in [-0.3, -0.25) is 9.97 Å². The Hall–Kier alpha value is -3.34. The molecule has 25 heavy (non-hydrogen) atoms. The molecule has 3 heterocycles. The summed E-state index contributed by atoms with van der Waals surface area (Å²) >= 11 is 0. The Bertz CT molecular complexity index is 1070. The summed E-state index contributed by atoms with van der Waals surface area (Å²) in [5.74, 6) is 1.15. The fraction of sp³-hybridized carbons (Fsp3) is 0.100. The van der Waals surface area contributed by atoms with E-state index in [1.807, 2.05) is 42.5 Å². The van der Waals surface area contributed by atoms with E-state index >= 15 is 0 Å². The van der Waals surface area contributed by atoms with Crippen LogP contribution in [0, 0.1) is 0 Å². The lowest BCUT2D eigenvalue weighted by molar-refractivity contribution is 0.974. The van der Waals surface area contributed by atoms with Crippen molar-refractivity contribution in [1.82, 2.24) is 15.0 Å². The molecule has 0 unspecified atom stereocenters. The molecule has 4 rings (SSSR count). The molecule has 0 spiro atoms. The van der Waals surface area contributed by atoms with Crippen molar-refractivity contribution in [2.45, 2.75) is 12.8 Å². The molecule has 0 saturated carbocycles. The summed E-state index contributed by atoms with van der Waals surface area (Å²) in [4.78, 5) is 17.8. The third kappa shape index (κ3) is 3.30. The Morgan fingerprint density at radius 2 is 1.80 bits per heavy atom. The van der Waals surface area contributed by atoms with Gasteiger partial charge in [-0.2, -0.15) is 0 Å². The molecule has 5 nitrogen and oxygen atoms in total. The van der Waals surface area contributed by atoms with Crippen molar-refractivity contribution in [2.24, 2.45) is 10.7 Å². The predicted octanol–water partition coefficient (Wildman–Crippen LogP) is 3.80. The lowest BCUT2D eigenvalue weighted by Gasteiger charge is -2.04. The number of fused-ring (bicyclic) bond motifs is 2. The molecule has 0 saturated heterocycles. The number of hydrogen-bond acceptors (Lipinski definition) is 4. The average Bonchev–Trinajstić information content (AvgIpc) is 2.66. The summed E-state index contributed by atoms with van der Waals surface area (Å²) in [7, 11) is 0. The SMILES string of the molecule is NC(CCc1ccc2ccccc2n1)=Nc1nccc2ncccc12. The number of hydrogen-bond donors (Lipinski definition) is 1. The fourth-order valence-electron chi connectivity index (χ4n) is 2.77. The van der Waals surface area contributed by atoms with Crippen LogP contribution in [0.15, 0.2) is 72.0 Å². The molecule has 3 aromatic heterocycles. The topological polar surface area (TPSA) is 77.0 Å². The van der Waals surface area contributed by atoms with Crippen molar-refractivity contribution in [1.29, 1.82) is 0 Å². The minimum atomic E-state index is 0.541. The van der Waals surface area contributed by atoms with Gasteiger partial charge in [-0.25, -0.2) is 9.98 Å². The second kappa shape index (κ2) is 6.65. The second-order valence-corrected chi connectivity index (χ2v) is 5.80. The van der Waals surface area contributed by atoms with Gasteiger partial charge in [-0.1, -0.05) is 24.3 Å². The van der Waals surface area contributed by atoms with Crippen LogP contribution in [0.2, 0.25) is 0 Å². The molecule has 0 aliphatic rings. The van der Waals surface area contributed by atoms with Crippen LogP contribution < -0.4 is 5.73 Å². The minimum absolute atomic E-state index is 0.541. The Morgan fingerprint density at radius 1 is 0.880 bits per heavy atom. The average molecular weight is 327 g/mol. The highest BCUT2D eigenvalue weighted by Crippen LogP contribution is 2.21. The van der Waals surface area contributed by atoms with Gasteiger partial charge in [-0.05, 0) is 36.8 Å². The molecule has 0 aliphatic heterocycles. The van der Waals surface area contributed by atoms with Crippen LogP contribution in [-0.2, 0) is 6.42 Å². The fourth-order valence-corrected chi connectivity index (χ4v) is 2.77. The molecule has 2 N–H and O–H groups in total. The number of nitrogens with zero attached hydrogens (tertiary/aromatic N) is 4. The number of aliphatic imine (C=N–C) groups is 1. The Kier molecular flexibility index (Phi) is 4.04. The monoisotopic (exact) mass is 327 g/mol. The Morgan fingerprint density at radius 3 is 2.76 bits per heavy atom. The zero-order valence-electron chi connectivity index (χ0n) is 13.6. The third-order valence-corrected chi connectivity index (χ3v) is 4.05. The number of aryl methyl sites for hydroxylation is 1. The van der Waals surface area contributed by atoms with E-state index in [4.69, 9.17) is 5.73 Å². The second-order valence-electron chi connectivity index (χ2n) is 5.80. The Labute approximate surface area is 145 Å². The van der Waals surface area contributed by atoms with Crippen molar-refractivity contribution in [3.63, 3.8) is 0 Å². The van der Waals surface area contributed by atoms with E-state index < -0.39 is 0 Å². The van der Waals surface area contributed by atoms with E-state index in [0.29, 0.717) is 18.1 Å². The van der Waals surface area contributed by atoms with Crippen molar-refractivity contribution in [3.05, 3.63) is 72.7 Å². The molecular formula is C20H17N5. The zero-order valence-corrected chi connectivity index (χ0v) is 13.6. The lowest BCUT2D eigenvalue weighted by Crippen LogP contribution is -2.12. The molecular weight excluding hydrogens is 310 g/mol. The van der Waals surface area contributed by atoms with Crippen molar-refractivity contribution in [3.8, 4) is 0 Å². The largest absolute Gasteiger partial charge is 0.387 e. The van der Waals surface area contributed by atoms with Gasteiger partial charge in [0.25, 0.3) is 0 Å². The third-order valence-electron chi connectivity index (χ3n) is 4.05. The summed E-state index contributed by atoms with van der Waals surface area (Å²) < 4.78 is 0. The summed E-state index contributed by atoms with van der Waals surface area (Å²) in [5, 5.41) is 2.04. The van der Waals surface area contributed by atoms with Crippen LogP contribution in [0.3, 0.4) is 0 Å². The molecule has 0 radical (unpaired) electrons. The van der Waals surface area contributed by atoms with Crippen LogP contribution in [0.1, 0.15) is 12.1 Å². The van der Waals surface area contributed by atoms with Gasteiger partial charge in [0.15, 0.2) is 5.82 Å².